The van der Waals surface area contributed by atoms with Crippen molar-refractivity contribution in [2.24, 2.45) is 0 Å². The van der Waals surface area contributed by atoms with E-state index in [-0.39, 0.29) is 41.6 Å². The van der Waals surface area contributed by atoms with Gasteiger partial charge in [-0.1, -0.05) is 44.2 Å². The van der Waals surface area contributed by atoms with Crippen molar-refractivity contribution < 1.29 is 4.79 Å². The van der Waals surface area contributed by atoms with Crippen molar-refractivity contribution in [3.05, 3.63) is 35.9 Å². The van der Waals surface area contributed by atoms with Crippen LogP contribution in [0.25, 0.3) is 0 Å². The number of benzene rings is 1. The van der Waals surface area contributed by atoms with E-state index in [2.05, 4.69) is 18.7 Å². The van der Waals surface area contributed by atoms with Gasteiger partial charge in [-0.3, -0.25) is 9.69 Å². The predicted molar refractivity (Wildman–Crippen MR) is 80.3 cm³/mol. The zero-order valence-corrected chi connectivity index (χ0v) is 11.0. The summed E-state index contributed by atoms with van der Waals surface area (Å²) in [5.74, 6) is 0.208. The van der Waals surface area contributed by atoms with Gasteiger partial charge in [0, 0.05) is 5.56 Å². The third-order valence-electron chi connectivity index (χ3n) is 2.80. The van der Waals surface area contributed by atoms with Gasteiger partial charge in [0.1, 0.15) is 0 Å². The van der Waals surface area contributed by atoms with E-state index in [4.69, 9.17) is 0 Å². The van der Waals surface area contributed by atoms with Crippen LogP contribution in [0.5, 0.6) is 0 Å². The van der Waals surface area contributed by atoms with Crippen LogP contribution >= 0.6 is 12.4 Å². The molecule has 0 spiro atoms. The molecule has 0 bridgehead atoms. The van der Waals surface area contributed by atoms with Gasteiger partial charge in [0.15, 0.2) is 23.1 Å². The highest BCUT2D eigenvalue weighted by Crippen LogP contribution is 2.08. The summed E-state index contributed by atoms with van der Waals surface area (Å²) in [5.41, 5.74) is 0.803. The number of likely N-dealkylation sites (N-methyl/N-ethyl adjacent to an activating group) is 1. The molecule has 0 aliphatic rings. The molecule has 96 valence electrons. The van der Waals surface area contributed by atoms with Crippen LogP contribution in [0.4, 0.5) is 0 Å². The summed E-state index contributed by atoms with van der Waals surface area (Å²) < 4.78 is 0. The number of carbonyl (C=O) groups excluding carboxylic acids is 1. The van der Waals surface area contributed by atoms with E-state index in [1.54, 1.807) is 0 Å². The van der Waals surface area contributed by atoms with Crippen molar-refractivity contribution in [3.63, 3.8) is 0 Å². The third-order valence-corrected chi connectivity index (χ3v) is 2.80. The molecule has 17 heavy (non-hydrogen) atoms. The van der Waals surface area contributed by atoms with Gasteiger partial charge in [-0.05, 0) is 20.0 Å². The number of carbonyl (C=O) groups is 1. The zero-order chi connectivity index (χ0) is 11.3. The predicted octanol–water partition coefficient (Wildman–Crippen LogP) is 1.84. The van der Waals surface area contributed by atoms with Crippen LogP contribution in [-0.4, -0.2) is 47.2 Å². The second kappa shape index (κ2) is 9.68. The Morgan fingerprint density at radius 3 is 2.06 bits per heavy atom. The maximum Gasteiger partial charge on any atom is 0.187 e. The fraction of sp³-hybridized carbons (Fsp3) is 0.462. The standard InChI is InChI=1S/C13H19NO.Al.ClH.3H/c1-4-14(5-2)11(3)13(15)12-9-7-6-8-10-12;;;;;/h6-11H,4-5H2,1-3H3;;1H;;;. The van der Waals surface area contributed by atoms with Gasteiger partial charge in [0.05, 0.1) is 6.04 Å². The minimum Gasteiger partial charge on any atom is -0.294 e. The minimum atomic E-state index is -0.0256. The molecular formula is C13H23AlClNO. The average Bonchev–Trinajstić information content (AvgIpc) is 2.30. The van der Waals surface area contributed by atoms with E-state index in [0.717, 1.165) is 18.7 Å². The number of rotatable bonds is 5. The molecular weight excluding hydrogens is 249 g/mol. The lowest BCUT2D eigenvalue weighted by molar-refractivity contribution is 0.0851. The fourth-order valence-corrected chi connectivity index (χ4v) is 1.78. The molecule has 4 heteroatoms. The summed E-state index contributed by atoms with van der Waals surface area (Å²) in [6, 6.07) is 9.47. The second-order valence-corrected chi connectivity index (χ2v) is 3.63. The van der Waals surface area contributed by atoms with Crippen LogP contribution in [-0.2, 0) is 0 Å². The first-order chi connectivity index (χ1) is 7.20. The van der Waals surface area contributed by atoms with Gasteiger partial charge in [0.2, 0.25) is 0 Å². The van der Waals surface area contributed by atoms with Crippen molar-refractivity contribution in [2.75, 3.05) is 13.1 Å². The van der Waals surface area contributed by atoms with E-state index in [1.165, 1.54) is 0 Å². The largest absolute Gasteiger partial charge is 0.294 e. The quantitative estimate of drug-likeness (QED) is 0.602. The lowest BCUT2D eigenvalue weighted by atomic mass is 10.0. The molecule has 0 heterocycles. The van der Waals surface area contributed by atoms with Crippen molar-refractivity contribution in [2.45, 2.75) is 26.8 Å². The van der Waals surface area contributed by atoms with Crippen molar-refractivity contribution in [1.29, 1.82) is 0 Å². The normalized spacial score (nSPS) is 11.3. The molecule has 0 N–H and O–H groups in total. The molecule has 1 aromatic carbocycles. The summed E-state index contributed by atoms with van der Waals surface area (Å²) in [7, 11) is 0. The molecule has 0 radical (unpaired) electrons. The minimum absolute atomic E-state index is 0. The number of nitrogens with zero attached hydrogens (tertiary/aromatic N) is 1. The Bertz CT molecular complexity index is 314. The summed E-state index contributed by atoms with van der Waals surface area (Å²) in [6.45, 7) is 7.96. The Morgan fingerprint density at radius 2 is 1.65 bits per heavy atom. The molecule has 0 fully saturated rings. The van der Waals surface area contributed by atoms with Gasteiger partial charge >= 0.3 is 0 Å². The Labute approximate surface area is 121 Å². The number of hydrogen-bond donors (Lipinski definition) is 0. The molecule has 0 saturated carbocycles. The summed E-state index contributed by atoms with van der Waals surface area (Å²) in [6.07, 6.45) is 0. The van der Waals surface area contributed by atoms with Gasteiger partial charge < -0.3 is 0 Å². The maximum atomic E-state index is 12.1. The second-order valence-electron chi connectivity index (χ2n) is 3.63. The number of Topliss-reactive ketones (excluding diaryl/α,β-unsaturated/α-hetero) is 1. The van der Waals surface area contributed by atoms with Crippen LogP contribution in [0, 0.1) is 0 Å². The van der Waals surface area contributed by atoms with Crippen LogP contribution in [0.15, 0.2) is 30.3 Å². The first kappa shape index (κ1) is 19.0. The molecule has 0 aliphatic carbocycles. The molecule has 2 nitrogen and oxygen atoms in total. The summed E-state index contributed by atoms with van der Waals surface area (Å²) in [4.78, 5) is 14.2. The van der Waals surface area contributed by atoms with Gasteiger partial charge in [-0.2, -0.15) is 0 Å². The van der Waals surface area contributed by atoms with Crippen molar-refractivity contribution >= 4 is 35.6 Å². The molecule has 1 atom stereocenters. The topological polar surface area (TPSA) is 20.3 Å². The van der Waals surface area contributed by atoms with E-state index in [1.807, 2.05) is 37.3 Å². The molecule has 0 aromatic heterocycles. The van der Waals surface area contributed by atoms with Crippen molar-refractivity contribution in [3.8, 4) is 0 Å². The van der Waals surface area contributed by atoms with E-state index in [0.29, 0.717) is 0 Å². The first-order valence-corrected chi connectivity index (χ1v) is 5.54. The van der Waals surface area contributed by atoms with Crippen LogP contribution < -0.4 is 0 Å². The number of halogens is 1. The van der Waals surface area contributed by atoms with E-state index >= 15 is 0 Å². The Balaban J connectivity index is 0. The lowest BCUT2D eigenvalue weighted by Gasteiger charge is -2.25. The molecule has 0 aliphatic heterocycles. The van der Waals surface area contributed by atoms with Crippen molar-refractivity contribution in [1.82, 2.24) is 4.90 Å². The summed E-state index contributed by atoms with van der Waals surface area (Å²) in [5, 5.41) is 0. The maximum absolute atomic E-state index is 12.1. The smallest absolute Gasteiger partial charge is 0.187 e. The molecule has 1 unspecified atom stereocenters. The molecule has 1 rings (SSSR count). The van der Waals surface area contributed by atoms with E-state index < -0.39 is 0 Å². The van der Waals surface area contributed by atoms with Crippen LogP contribution in [0.3, 0.4) is 0 Å². The Hall–Kier alpha value is -0.328. The van der Waals surface area contributed by atoms with Crippen LogP contribution in [0.1, 0.15) is 31.1 Å². The Kier molecular flexibility index (Phi) is 10.8. The summed E-state index contributed by atoms with van der Waals surface area (Å²) >= 11 is 0. The monoisotopic (exact) mass is 271 g/mol. The number of ketones is 1. The number of hydrogen-bond acceptors (Lipinski definition) is 2. The molecule has 0 saturated heterocycles. The van der Waals surface area contributed by atoms with E-state index in [9.17, 15) is 4.79 Å². The average molecular weight is 272 g/mol. The van der Waals surface area contributed by atoms with Gasteiger partial charge in [-0.25, -0.2) is 0 Å². The fourth-order valence-electron chi connectivity index (χ4n) is 1.78. The highest BCUT2D eigenvalue weighted by molar-refractivity contribution is 5.99. The highest BCUT2D eigenvalue weighted by Gasteiger charge is 2.19. The Morgan fingerprint density at radius 1 is 1.18 bits per heavy atom. The van der Waals surface area contributed by atoms with Gasteiger partial charge in [-0.15, -0.1) is 12.4 Å². The third kappa shape index (κ3) is 5.23. The SMILES string of the molecule is CCN(CC)C(C)C(=O)c1ccccc1.Cl.[AlH3]. The van der Waals surface area contributed by atoms with Crippen LogP contribution in [0.2, 0.25) is 0 Å². The molecule has 1 aromatic rings. The zero-order valence-electron chi connectivity index (χ0n) is 10.1. The lowest BCUT2D eigenvalue weighted by Crippen LogP contribution is -2.38. The van der Waals surface area contributed by atoms with Gasteiger partial charge in [0.25, 0.3) is 0 Å². The highest BCUT2D eigenvalue weighted by atomic mass is 35.5. The molecule has 0 amide bonds. The first-order valence-electron chi connectivity index (χ1n) is 5.54.